The summed E-state index contributed by atoms with van der Waals surface area (Å²) in [7, 11) is 0. The Morgan fingerprint density at radius 2 is 1.76 bits per heavy atom. The molecule has 3 aromatic heterocycles. The predicted molar refractivity (Wildman–Crippen MR) is 164 cm³/mol. The van der Waals surface area contributed by atoms with E-state index in [4.69, 9.17) is 0 Å². The number of hydrogen-bond acceptors (Lipinski definition) is 8. The first kappa shape index (κ1) is 30.6. The largest absolute Gasteiger partial charge is 0.504 e. The van der Waals surface area contributed by atoms with Crippen LogP contribution in [0.4, 0.5) is 24.8 Å². The van der Waals surface area contributed by atoms with Gasteiger partial charge in [-0.25, -0.2) is 14.6 Å². The molecule has 0 aliphatic carbocycles. The number of rotatable bonds is 6. The molecular formula is C33H30F3N7O3. The van der Waals surface area contributed by atoms with Gasteiger partial charge in [-0.15, -0.1) is 5.10 Å². The van der Waals surface area contributed by atoms with Gasteiger partial charge in [0.15, 0.2) is 11.5 Å². The molecule has 4 heterocycles. The van der Waals surface area contributed by atoms with Gasteiger partial charge in [0.05, 0.1) is 17.5 Å². The van der Waals surface area contributed by atoms with Gasteiger partial charge in [0.2, 0.25) is 5.91 Å². The summed E-state index contributed by atoms with van der Waals surface area (Å²) in [5.41, 5.74) is 3.40. The zero-order chi connectivity index (χ0) is 32.6. The summed E-state index contributed by atoms with van der Waals surface area (Å²) in [6, 6.07) is 17.3. The van der Waals surface area contributed by atoms with E-state index in [1.54, 1.807) is 42.3 Å². The van der Waals surface area contributed by atoms with Crippen molar-refractivity contribution in [2.24, 2.45) is 0 Å². The van der Waals surface area contributed by atoms with E-state index in [1.807, 2.05) is 37.3 Å². The number of pyridine rings is 2. The van der Waals surface area contributed by atoms with Crippen LogP contribution < -0.4 is 5.32 Å². The lowest BCUT2D eigenvalue weighted by Gasteiger charge is -2.28. The van der Waals surface area contributed by atoms with Crippen LogP contribution >= 0.6 is 0 Å². The SMILES string of the molecule is Cc1cc(Nc2cc(C(F)(F)F)ccn2)nc(-c2cn(C(C)C(=O)N3CCc4cc(O)c(O)cc4C(c4ccccc4)C3)nn2)c1. The van der Waals surface area contributed by atoms with Crippen LogP contribution in [0.15, 0.2) is 79.1 Å². The number of fused-ring (bicyclic) bond motifs is 1. The van der Waals surface area contributed by atoms with Crippen molar-refractivity contribution in [2.45, 2.75) is 38.4 Å². The number of nitrogens with one attached hydrogen (secondary N) is 1. The van der Waals surface area contributed by atoms with Gasteiger partial charge < -0.3 is 20.4 Å². The number of hydrogen-bond donors (Lipinski definition) is 3. The number of aromatic hydroxyl groups is 2. The monoisotopic (exact) mass is 629 g/mol. The van der Waals surface area contributed by atoms with Crippen LogP contribution in [0.3, 0.4) is 0 Å². The summed E-state index contributed by atoms with van der Waals surface area (Å²) in [6.07, 6.45) is -1.35. The molecule has 0 spiro atoms. The molecule has 1 aliphatic rings. The molecule has 0 bridgehead atoms. The number of anilines is 2. The minimum absolute atomic E-state index is 0.0134. The standard InChI is InChI=1S/C33H30F3N7O3/c1-19-12-26(38-31(13-19)39-30-15-23(8-10-37-30)33(34,35)36)27-18-43(41-40-27)20(2)32(46)42-11-9-22-14-28(44)29(45)16-24(22)25(17-42)21-6-4-3-5-7-21/h3-8,10,12-16,18,20,25,44-45H,9,11,17H2,1-2H3,(H,37,38,39). The van der Waals surface area contributed by atoms with Gasteiger partial charge in [-0.3, -0.25) is 4.79 Å². The fourth-order valence-corrected chi connectivity index (χ4v) is 5.64. The van der Waals surface area contributed by atoms with Gasteiger partial charge in [0, 0.05) is 25.2 Å². The van der Waals surface area contributed by atoms with E-state index in [0.717, 1.165) is 40.6 Å². The lowest BCUT2D eigenvalue weighted by molar-refractivity contribution is -0.137. The summed E-state index contributed by atoms with van der Waals surface area (Å²) >= 11 is 0. The third kappa shape index (κ3) is 6.34. The molecule has 0 saturated carbocycles. The first-order chi connectivity index (χ1) is 22.0. The average Bonchev–Trinajstić information content (AvgIpc) is 3.45. The van der Waals surface area contributed by atoms with Gasteiger partial charge in [-0.2, -0.15) is 13.2 Å². The Kier molecular flexibility index (Phi) is 8.07. The Morgan fingerprint density at radius 3 is 2.52 bits per heavy atom. The predicted octanol–water partition coefficient (Wildman–Crippen LogP) is 5.99. The molecule has 1 aliphatic heterocycles. The number of carbonyl (C=O) groups is 1. The van der Waals surface area contributed by atoms with Crippen molar-refractivity contribution in [1.29, 1.82) is 0 Å². The normalized spacial score (nSPS) is 15.6. The highest BCUT2D eigenvalue weighted by atomic mass is 19.4. The van der Waals surface area contributed by atoms with Crippen molar-refractivity contribution in [2.75, 3.05) is 18.4 Å². The van der Waals surface area contributed by atoms with Gasteiger partial charge in [-0.1, -0.05) is 35.5 Å². The van der Waals surface area contributed by atoms with Crippen LogP contribution in [0.5, 0.6) is 11.5 Å². The Bertz CT molecular complexity index is 1900. The molecule has 3 N–H and O–H groups in total. The maximum atomic E-state index is 13.9. The Morgan fingerprint density at radius 1 is 1.00 bits per heavy atom. The van der Waals surface area contributed by atoms with Crippen LogP contribution in [-0.4, -0.2) is 59.1 Å². The second-order valence-corrected chi connectivity index (χ2v) is 11.3. The smallest absolute Gasteiger partial charge is 0.416 e. The fourth-order valence-electron chi connectivity index (χ4n) is 5.64. The third-order valence-electron chi connectivity index (χ3n) is 8.02. The second kappa shape index (κ2) is 12.1. The van der Waals surface area contributed by atoms with Crippen molar-refractivity contribution >= 4 is 17.5 Å². The molecule has 1 amide bonds. The van der Waals surface area contributed by atoms with Crippen molar-refractivity contribution in [1.82, 2.24) is 29.9 Å². The number of nitrogens with zero attached hydrogens (tertiary/aromatic N) is 6. The number of halogens is 3. The molecule has 0 saturated heterocycles. The van der Waals surface area contributed by atoms with Crippen LogP contribution in [0.1, 0.15) is 46.7 Å². The summed E-state index contributed by atoms with van der Waals surface area (Å²) in [4.78, 5) is 24.1. The maximum absolute atomic E-state index is 13.9. The topological polar surface area (TPSA) is 129 Å². The molecule has 46 heavy (non-hydrogen) atoms. The summed E-state index contributed by atoms with van der Waals surface area (Å²) in [5, 5.41) is 31.7. The minimum Gasteiger partial charge on any atom is -0.504 e. The average molecular weight is 630 g/mol. The molecule has 2 unspecified atom stereocenters. The van der Waals surface area contributed by atoms with Crippen LogP contribution in [0, 0.1) is 6.92 Å². The first-order valence-corrected chi connectivity index (χ1v) is 14.6. The summed E-state index contributed by atoms with van der Waals surface area (Å²) in [6.45, 7) is 4.28. The van der Waals surface area contributed by atoms with E-state index in [0.29, 0.717) is 30.9 Å². The number of amides is 1. The quantitative estimate of drug-likeness (QED) is 0.195. The lowest BCUT2D eigenvalue weighted by atomic mass is 9.87. The van der Waals surface area contributed by atoms with Crippen molar-refractivity contribution < 1.29 is 28.2 Å². The molecule has 2 atom stereocenters. The highest BCUT2D eigenvalue weighted by Crippen LogP contribution is 2.38. The molecule has 13 heteroatoms. The number of alkyl halides is 3. The Labute approximate surface area is 262 Å². The van der Waals surface area contributed by atoms with E-state index in [2.05, 4.69) is 25.6 Å². The molecular weight excluding hydrogens is 599 g/mol. The third-order valence-corrected chi connectivity index (χ3v) is 8.02. The Hall–Kier alpha value is -5.46. The molecule has 2 aromatic carbocycles. The van der Waals surface area contributed by atoms with Crippen LogP contribution in [0.2, 0.25) is 0 Å². The first-order valence-electron chi connectivity index (χ1n) is 14.6. The van der Waals surface area contributed by atoms with Crippen LogP contribution in [0.25, 0.3) is 11.4 Å². The van der Waals surface area contributed by atoms with Crippen LogP contribution in [-0.2, 0) is 17.4 Å². The molecule has 0 fully saturated rings. The Balaban J connectivity index is 1.23. The van der Waals surface area contributed by atoms with E-state index in [9.17, 15) is 28.2 Å². The molecule has 236 valence electrons. The number of aromatic nitrogens is 5. The highest BCUT2D eigenvalue weighted by Gasteiger charge is 2.32. The van der Waals surface area contributed by atoms with E-state index in [1.165, 1.54) is 4.68 Å². The number of carbonyl (C=O) groups excluding carboxylic acids is 1. The zero-order valence-corrected chi connectivity index (χ0v) is 24.9. The van der Waals surface area contributed by atoms with E-state index >= 15 is 0 Å². The zero-order valence-electron chi connectivity index (χ0n) is 24.9. The van der Waals surface area contributed by atoms with Crippen molar-refractivity contribution in [3.63, 3.8) is 0 Å². The molecule has 10 nitrogen and oxygen atoms in total. The van der Waals surface area contributed by atoms with Crippen molar-refractivity contribution in [3.05, 3.63) is 107 Å². The fraction of sp³-hybridized carbons (Fsp3) is 0.242. The van der Waals surface area contributed by atoms with Crippen molar-refractivity contribution in [3.8, 4) is 22.9 Å². The van der Waals surface area contributed by atoms with Gasteiger partial charge in [0.1, 0.15) is 23.4 Å². The molecule has 0 radical (unpaired) electrons. The molecule has 5 aromatic rings. The summed E-state index contributed by atoms with van der Waals surface area (Å²) < 4.78 is 41.0. The minimum atomic E-state index is -4.51. The van der Waals surface area contributed by atoms with Gasteiger partial charge >= 0.3 is 6.18 Å². The summed E-state index contributed by atoms with van der Waals surface area (Å²) in [5.74, 6) is -0.579. The lowest BCUT2D eigenvalue weighted by Crippen LogP contribution is -2.39. The maximum Gasteiger partial charge on any atom is 0.416 e. The van der Waals surface area contributed by atoms with Gasteiger partial charge in [0.25, 0.3) is 0 Å². The number of phenols is 2. The van der Waals surface area contributed by atoms with E-state index < -0.39 is 17.8 Å². The number of benzene rings is 2. The molecule has 6 rings (SSSR count). The number of aryl methyl sites for hydroxylation is 1. The number of phenolic OH excluding ortho intramolecular Hbond substituents is 2. The van der Waals surface area contributed by atoms with E-state index in [-0.39, 0.29) is 35.0 Å². The highest BCUT2D eigenvalue weighted by molar-refractivity contribution is 5.80. The van der Waals surface area contributed by atoms with Gasteiger partial charge in [-0.05, 0) is 78.9 Å². The second-order valence-electron chi connectivity index (χ2n) is 11.3.